The molecule has 2 N–H and O–H groups in total. The Hall–Kier alpha value is -3.06. The molecule has 2 heterocycles. The molecule has 0 aliphatic heterocycles. The number of aliphatic hydroxyl groups excluding tert-OH is 1. The van der Waals surface area contributed by atoms with Crippen LogP contribution in [0.3, 0.4) is 0 Å². The molecule has 0 fully saturated rings. The molecule has 1 atom stereocenters. The molecule has 0 bridgehead atoms. The molecular weight excluding hydrogens is 388 g/mol. The van der Waals surface area contributed by atoms with Crippen molar-refractivity contribution < 1.29 is 13.9 Å². The van der Waals surface area contributed by atoms with Crippen LogP contribution in [0.25, 0.3) is 32.8 Å². The SMILES string of the molecule is CC(O)CCn1c(C(C)C)c(-c2ccc(F)c(F)c2)c2cc3cn[nH]c3cc2c1=O. The Bertz CT molecular complexity index is 1310. The van der Waals surface area contributed by atoms with Crippen molar-refractivity contribution in [3.8, 4) is 11.1 Å². The summed E-state index contributed by atoms with van der Waals surface area (Å²) in [5, 5.41) is 18.7. The average molecular weight is 411 g/mol. The Morgan fingerprint density at radius 1 is 1.10 bits per heavy atom. The van der Waals surface area contributed by atoms with E-state index in [9.17, 15) is 18.7 Å². The molecule has 0 radical (unpaired) electrons. The number of aliphatic hydroxyl groups is 1. The highest BCUT2D eigenvalue weighted by atomic mass is 19.2. The van der Waals surface area contributed by atoms with E-state index < -0.39 is 17.7 Å². The van der Waals surface area contributed by atoms with E-state index in [1.54, 1.807) is 23.8 Å². The van der Waals surface area contributed by atoms with Gasteiger partial charge in [0.2, 0.25) is 0 Å². The normalized spacial score (nSPS) is 12.9. The average Bonchev–Trinajstić information content (AvgIpc) is 3.15. The predicted octanol–water partition coefficient (Wildman–Crippen LogP) is 4.72. The van der Waals surface area contributed by atoms with Gasteiger partial charge in [0, 0.05) is 28.6 Å². The lowest BCUT2D eigenvalue weighted by Crippen LogP contribution is -2.27. The van der Waals surface area contributed by atoms with Crippen LogP contribution in [-0.4, -0.2) is 26.0 Å². The summed E-state index contributed by atoms with van der Waals surface area (Å²) < 4.78 is 29.4. The Morgan fingerprint density at radius 2 is 1.87 bits per heavy atom. The van der Waals surface area contributed by atoms with Crippen molar-refractivity contribution in [3.05, 3.63) is 64.2 Å². The molecule has 4 aromatic rings. The van der Waals surface area contributed by atoms with Gasteiger partial charge in [-0.05, 0) is 54.5 Å². The Balaban J connectivity index is 2.16. The van der Waals surface area contributed by atoms with Crippen LogP contribution >= 0.6 is 0 Å². The number of pyridine rings is 1. The van der Waals surface area contributed by atoms with Crippen LogP contribution in [0, 0.1) is 11.6 Å². The van der Waals surface area contributed by atoms with Crippen LogP contribution in [0.1, 0.15) is 38.8 Å². The van der Waals surface area contributed by atoms with Crippen LogP contribution in [0.2, 0.25) is 0 Å². The second-order valence-electron chi connectivity index (χ2n) is 7.99. The lowest BCUT2D eigenvalue weighted by Gasteiger charge is -2.23. The fraction of sp³-hybridized carbons (Fsp3) is 0.304. The van der Waals surface area contributed by atoms with Crippen molar-refractivity contribution in [2.24, 2.45) is 0 Å². The maximum Gasteiger partial charge on any atom is 0.258 e. The standard InChI is InChI=1S/C23H23F2N3O2/c1-12(2)22-21(14-4-5-18(24)19(25)9-14)16-8-15-11-26-27-20(15)10-17(16)23(30)28(22)7-6-13(3)29/h4-5,8-13,29H,6-7H2,1-3H3,(H,26,27). The topological polar surface area (TPSA) is 70.9 Å². The summed E-state index contributed by atoms with van der Waals surface area (Å²) in [6.07, 6.45) is 1.49. The van der Waals surface area contributed by atoms with Gasteiger partial charge in [-0.1, -0.05) is 19.9 Å². The van der Waals surface area contributed by atoms with E-state index in [1.165, 1.54) is 12.1 Å². The van der Waals surface area contributed by atoms with Crippen LogP contribution in [0.15, 0.2) is 41.3 Å². The largest absolute Gasteiger partial charge is 0.393 e. The highest BCUT2D eigenvalue weighted by molar-refractivity contribution is 6.04. The minimum atomic E-state index is -0.943. The summed E-state index contributed by atoms with van der Waals surface area (Å²) in [7, 11) is 0. The van der Waals surface area contributed by atoms with Gasteiger partial charge in [0.05, 0.1) is 17.8 Å². The summed E-state index contributed by atoms with van der Waals surface area (Å²) in [4.78, 5) is 13.4. The Morgan fingerprint density at radius 3 is 2.53 bits per heavy atom. The second-order valence-corrected chi connectivity index (χ2v) is 7.99. The third-order valence-corrected chi connectivity index (χ3v) is 5.40. The first-order valence-electron chi connectivity index (χ1n) is 9.95. The zero-order valence-electron chi connectivity index (χ0n) is 17.0. The third-order valence-electron chi connectivity index (χ3n) is 5.40. The van der Waals surface area contributed by atoms with E-state index in [2.05, 4.69) is 10.2 Å². The smallest absolute Gasteiger partial charge is 0.258 e. The number of nitrogens with zero attached hydrogens (tertiary/aromatic N) is 2. The maximum absolute atomic E-state index is 14.1. The quantitative estimate of drug-likeness (QED) is 0.499. The molecule has 0 spiro atoms. The molecule has 5 nitrogen and oxygen atoms in total. The number of aromatic amines is 1. The van der Waals surface area contributed by atoms with Crippen LogP contribution in [-0.2, 0) is 6.54 Å². The van der Waals surface area contributed by atoms with Crippen LogP contribution in [0.4, 0.5) is 8.78 Å². The molecule has 0 amide bonds. The molecule has 0 aliphatic rings. The molecule has 0 saturated heterocycles. The minimum Gasteiger partial charge on any atom is -0.393 e. The lowest BCUT2D eigenvalue weighted by atomic mass is 9.91. The highest BCUT2D eigenvalue weighted by Crippen LogP contribution is 2.36. The number of H-pyrrole nitrogens is 1. The van der Waals surface area contributed by atoms with Gasteiger partial charge < -0.3 is 9.67 Å². The summed E-state index contributed by atoms with van der Waals surface area (Å²) in [6, 6.07) is 7.40. The molecule has 2 aromatic heterocycles. The number of benzene rings is 2. The zero-order chi connectivity index (χ0) is 21.6. The van der Waals surface area contributed by atoms with Gasteiger partial charge in [0.15, 0.2) is 11.6 Å². The number of fused-ring (bicyclic) bond motifs is 2. The summed E-state index contributed by atoms with van der Waals surface area (Å²) >= 11 is 0. The van der Waals surface area contributed by atoms with E-state index in [1.807, 2.05) is 19.9 Å². The van der Waals surface area contributed by atoms with Gasteiger partial charge in [0.1, 0.15) is 0 Å². The van der Waals surface area contributed by atoms with Crippen molar-refractivity contribution in [1.82, 2.24) is 14.8 Å². The van der Waals surface area contributed by atoms with E-state index in [0.29, 0.717) is 34.9 Å². The minimum absolute atomic E-state index is 0.0701. The molecule has 0 saturated carbocycles. The molecule has 1 unspecified atom stereocenters. The highest BCUT2D eigenvalue weighted by Gasteiger charge is 2.22. The van der Waals surface area contributed by atoms with Crippen molar-refractivity contribution in [3.63, 3.8) is 0 Å². The first-order valence-corrected chi connectivity index (χ1v) is 9.95. The molecular formula is C23H23F2N3O2. The molecule has 7 heteroatoms. The van der Waals surface area contributed by atoms with Gasteiger partial charge in [-0.25, -0.2) is 8.78 Å². The number of hydrogen-bond donors (Lipinski definition) is 2. The van der Waals surface area contributed by atoms with Crippen LogP contribution in [0.5, 0.6) is 0 Å². The van der Waals surface area contributed by atoms with Gasteiger partial charge in [-0.15, -0.1) is 0 Å². The molecule has 0 aliphatic carbocycles. The number of hydrogen-bond acceptors (Lipinski definition) is 3. The van der Waals surface area contributed by atoms with E-state index in [-0.39, 0.29) is 11.5 Å². The second kappa shape index (κ2) is 7.65. The number of rotatable bonds is 5. The van der Waals surface area contributed by atoms with E-state index >= 15 is 0 Å². The summed E-state index contributed by atoms with van der Waals surface area (Å²) in [6.45, 7) is 5.90. The van der Waals surface area contributed by atoms with Gasteiger partial charge >= 0.3 is 0 Å². The van der Waals surface area contributed by atoms with Gasteiger partial charge in [-0.2, -0.15) is 5.10 Å². The van der Waals surface area contributed by atoms with Crippen molar-refractivity contribution >= 4 is 21.7 Å². The third kappa shape index (κ3) is 3.39. The van der Waals surface area contributed by atoms with Crippen molar-refractivity contribution in [2.75, 3.05) is 0 Å². The zero-order valence-corrected chi connectivity index (χ0v) is 17.0. The fourth-order valence-corrected chi connectivity index (χ4v) is 4.00. The van der Waals surface area contributed by atoms with Gasteiger partial charge in [0.25, 0.3) is 5.56 Å². The first-order chi connectivity index (χ1) is 14.3. The number of halogens is 2. The predicted molar refractivity (Wildman–Crippen MR) is 114 cm³/mol. The van der Waals surface area contributed by atoms with Crippen molar-refractivity contribution in [1.29, 1.82) is 0 Å². The van der Waals surface area contributed by atoms with Crippen LogP contribution < -0.4 is 5.56 Å². The lowest BCUT2D eigenvalue weighted by molar-refractivity contribution is 0.177. The number of nitrogens with one attached hydrogen (secondary N) is 1. The Labute approximate surface area is 172 Å². The fourth-order valence-electron chi connectivity index (χ4n) is 4.00. The molecule has 4 rings (SSSR count). The monoisotopic (exact) mass is 411 g/mol. The molecule has 2 aromatic carbocycles. The van der Waals surface area contributed by atoms with E-state index in [4.69, 9.17) is 0 Å². The first kappa shape index (κ1) is 20.2. The summed E-state index contributed by atoms with van der Waals surface area (Å²) in [5.74, 6) is -1.94. The molecule has 156 valence electrons. The summed E-state index contributed by atoms with van der Waals surface area (Å²) in [5.41, 5.74) is 2.44. The van der Waals surface area contributed by atoms with Gasteiger partial charge in [-0.3, -0.25) is 9.89 Å². The Kier molecular flexibility index (Phi) is 5.15. The van der Waals surface area contributed by atoms with E-state index in [0.717, 1.165) is 22.7 Å². The molecule has 30 heavy (non-hydrogen) atoms. The van der Waals surface area contributed by atoms with Crippen molar-refractivity contribution in [2.45, 2.75) is 45.8 Å². The number of aromatic nitrogens is 3. The maximum atomic E-state index is 14.1.